The van der Waals surface area contributed by atoms with E-state index in [0.717, 1.165) is 15.0 Å². The predicted octanol–water partition coefficient (Wildman–Crippen LogP) is 3.80. The van der Waals surface area contributed by atoms with E-state index in [9.17, 15) is 4.79 Å². The second kappa shape index (κ2) is 6.63. The third-order valence-electron chi connectivity index (χ3n) is 2.51. The molecule has 98 valence electrons. The quantitative estimate of drug-likeness (QED) is 0.863. The standard InChI is InChI=1S/C14H13BrN2OS/c1-10(12-4-2-3-7-16-12)17-14(18)6-5-11-8-13(15)19-9-11/h2-10H,1H3,(H,17,18)/b6-5-/t10-/m1/s1. The van der Waals surface area contributed by atoms with Gasteiger partial charge in [0.2, 0.25) is 5.91 Å². The van der Waals surface area contributed by atoms with E-state index in [1.54, 1.807) is 23.6 Å². The van der Waals surface area contributed by atoms with Crippen LogP contribution in [-0.4, -0.2) is 10.9 Å². The maximum absolute atomic E-state index is 11.8. The minimum absolute atomic E-state index is 0.104. The van der Waals surface area contributed by atoms with Crippen molar-refractivity contribution in [3.8, 4) is 0 Å². The van der Waals surface area contributed by atoms with E-state index >= 15 is 0 Å². The number of hydrogen-bond acceptors (Lipinski definition) is 3. The molecule has 1 amide bonds. The molecule has 0 unspecified atom stereocenters. The molecule has 1 N–H and O–H groups in total. The van der Waals surface area contributed by atoms with E-state index in [4.69, 9.17) is 0 Å². The van der Waals surface area contributed by atoms with E-state index in [-0.39, 0.29) is 11.9 Å². The molecular formula is C14H13BrN2OS. The summed E-state index contributed by atoms with van der Waals surface area (Å²) >= 11 is 4.98. The summed E-state index contributed by atoms with van der Waals surface area (Å²) in [7, 11) is 0. The lowest BCUT2D eigenvalue weighted by molar-refractivity contribution is -0.117. The first kappa shape index (κ1) is 14.0. The molecule has 0 aliphatic rings. The predicted molar refractivity (Wildman–Crippen MR) is 81.8 cm³/mol. The Balaban J connectivity index is 1.93. The van der Waals surface area contributed by atoms with Gasteiger partial charge in [-0.1, -0.05) is 6.07 Å². The minimum Gasteiger partial charge on any atom is -0.344 e. The van der Waals surface area contributed by atoms with Crippen LogP contribution in [0.5, 0.6) is 0 Å². The number of nitrogens with zero attached hydrogens (tertiary/aromatic N) is 1. The van der Waals surface area contributed by atoms with Gasteiger partial charge < -0.3 is 5.32 Å². The van der Waals surface area contributed by atoms with Crippen molar-refractivity contribution in [2.24, 2.45) is 0 Å². The molecule has 0 saturated carbocycles. The largest absolute Gasteiger partial charge is 0.344 e. The van der Waals surface area contributed by atoms with Crippen LogP contribution in [0.4, 0.5) is 0 Å². The number of carbonyl (C=O) groups excluding carboxylic acids is 1. The Morgan fingerprint density at radius 2 is 2.37 bits per heavy atom. The fourth-order valence-corrected chi connectivity index (χ4v) is 2.69. The molecule has 2 rings (SSSR count). The number of amides is 1. The Morgan fingerprint density at radius 1 is 1.53 bits per heavy atom. The summed E-state index contributed by atoms with van der Waals surface area (Å²) in [4.78, 5) is 16.0. The Hall–Kier alpha value is -1.46. The van der Waals surface area contributed by atoms with Gasteiger partial charge in [0.15, 0.2) is 0 Å². The molecule has 0 fully saturated rings. The van der Waals surface area contributed by atoms with Crippen LogP contribution in [0.3, 0.4) is 0 Å². The lowest BCUT2D eigenvalue weighted by atomic mass is 10.2. The molecule has 2 heterocycles. The van der Waals surface area contributed by atoms with Gasteiger partial charge in [-0.15, -0.1) is 11.3 Å². The van der Waals surface area contributed by atoms with Crippen molar-refractivity contribution < 1.29 is 4.79 Å². The molecule has 0 aromatic carbocycles. The van der Waals surface area contributed by atoms with E-state index in [1.165, 1.54) is 6.08 Å². The highest BCUT2D eigenvalue weighted by Crippen LogP contribution is 2.21. The molecule has 5 heteroatoms. The SMILES string of the molecule is C[C@@H](NC(=O)/C=C\c1csc(Br)c1)c1ccccn1. The fourth-order valence-electron chi connectivity index (χ4n) is 1.55. The van der Waals surface area contributed by atoms with E-state index in [1.807, 2.05) is 36.6 Å². The summed E-state index contributed by atoms with van der Waals surface area (Å²) in [6, 6.07) is 7.52. The van der Waals surface area contributed by atoms with E-state index in [2.05, 4.69) is 26.2 Å². The summed E-state index contributed by atoms with van der Waals surface area (Å²) in [5.74, 6) is -0.125. The Bertz CT molecular complexity index is 580. The molecule has 2 aromatic heterocycles. The van der Waals surface area contributed by atoms with E-state index in [0.29, 0.717) is 0 Å². The highest BCUT2D eigenvalue weighted by Gasteiger charge is 2.07. The number of hydrogen-bond donors (Lipinski definition) is 1. The first-order chi connectivity index (χ1) is 9.15. The second-order valence-corrected chi connectivity index (χ2v) is 6.29. The third kappa shape index (κ3) is 4.29. The van der Waals surface area contributed by atoms with Gasteiger partial charge >= 0.3 is 0 Å². The molecule has 0 saturated heterocycles. The molecule has 1 atom stereocenters. The summed E-state index contributed by atoms with van der Waals surface area (Å²) in [6.45, 7) is 1.91. The van der Waals surface area contributed by atoms with Gasteiger partial charge in [0.1, 0.15) is 0 Å². The maximum Gasteiger partial charge on any atom is 0.244 e. The van der Waals surface area contributed by atoms with Crippen LogP contribution >= 0.6 is 27.3 Å². The van der Waals surface area contributed by atoms with Crippen molar-refractivity contribution >= 4 is 39.2 Å². The minimum atomic E-state index is -0.125. The monoisotopic (exact) mass is 336 g/mol. The van der Waals surface area contributed by atoms with Crippen molar-refractivity contribution in [1.82, 2.24) is 10.3 Å². The lowest BCUT2D eigenvalue weighted by Gasteiger charge is -2.11. The van der Waals surface area contributed by atoms with Crippen LogP contribution in [0.25, 0.3) is 6.08 Å². The molecule has 0 bridgehead atoms. The van der Waals surface area contributed by atoms with Crippen LogP contribution in [0.2, 0.25) is 0 Å². The van der Waals surface area contributed by atoms with Crippen molar-refractivity contribution in [1.29, 1.82) is 0 Å². The van der Waals surface area contributed by atoms with Gasteiger partial charge in [-0.05, 0) is 58.1 Å². The summed E-state index contributed by atoms with van der Waals surface area (Å²) in [5.41, 5.74) is 1.86. The highest BCUT2D eigenvalue weighted by atomic mass is 79.9. The molecule has 0 aliphatic heterocycles. The highest BCUT2D eigenvalue weighted by molar-refractivity contribution is 9.11. The average Bonchev–Trinajstić information content (AvgIpc) is 2.83. The zero-order valence-corrected chi connectivity index (χ0v) is 12.7. The van der Waals surface area contributed by atoms with Gasteiger partial charge in [0.25, 0.3) is 0 Å². The fraction of sp³-hybridized carbons (Fsp3) is 0.143. The Kier molecular flexibility index (Phi) is 4.87. The van der Waals surface area contributed by atoms with Crippen LogP contribution in [0.1, 0.15) is 24.2 Å². The maximum atomic E-state index is 11.8. The number of pyridine rings is 1. The number of halogens is 1. The number of carbonyl (C=O) groups is 1. The normalized spacial score (nSPS) is 12.5. The first-order valence-electron chi connectivity index (χ1n) is 5.78. The Morgan fingerprint density at radius 3 is 3.00 bits per heavy atom. The van der Waals surface area contributed by atoms with Crippen molar-refractivity contribution in [3.05, 3.63) is 57.0 Å². The lowest BCUT2D eigenvalue weighted by Crippen LogP contribution is -2.25. The van der Waals surface area contributed by atoms with Crippen LogP contribution in [-0.2, 0) is 4.79 Å². The molecule has 19 heavy (non-hydrogen) atoms. The van der Waals surface area contributed by atoms with Gasteiger partial charge in [-0.25, -0.2) is 0 Å². The molecule has 0 radical (unpaired) electrons. The second-order valence-electron chi connectivity index (χ2n) is 4.00. The van der Waals surface area contributed by atoms with E-state index < -0.39 is 0 Å². The zero-order chi connectivity index (χ0) is 13.7. The molecule has 2 aromatic rings. The van der Waals surface area contributed by atoms with Crippen molar-refractivity contribution in [2.75, 3.05) is 0 Å². The number of aromatic nitrogens is 1. The summed E-state index contributed by atoms with van der Waals surface area (Å²) < 4.78 is 1.05. The molecule has 3 nitrogen and oxygen atoms in total. The summed E-state index contributed by atoms with van der Waals surface area (Å²) in [6.07, 6.45) is 5.05. The topological polar surface area (TPSA) is 42.0 Å². The number of thiophene rings is 1. The third-order valence-corrected chi connectivity index (χ3v) is 4.03. The number of nitrogens with one attached hydrogen (secondary N) is 1. The first-order valence-corrected chi connectivity index (χ1v) is 7.46. The van der Waals surface area contributed by atoms with Gasteiger partial charge in [0.05, 0.1) is 15.5 Å². The zero-order valence-electron chi connectivity index (χ0n) is 10.3. The average molecular weight is 337 g/mol. The molecular weight excluding hydrogens is 324 g/mol. The van der Waals surface area contributed by atoms with Crippen LogP contribution in [0.15, 0.2) is 45.7 Å². The van der Waals surface area contributed by atoms with Crippen molar-refractivity contribution in [2.45, 2.75) is 13.0 Å². The molecule has 0 aliphatic carbocycles. The van der Waals surface area contributed by atoms with Gasteiger partial charge in [-0.2, -0.15) is 0 Å². The summed E-state index contributed by atoms with van der Waals surface area (Å²) in [5, 5.41) is 4.86. The van der Waals surface area contributed by atoms with Gasteiger partial charge in [0, 0.05) is 12.3 Å². The van der Waals surface area contributed by atoms with Crippen molar-refractivity contribution in [3.63, 3.8) is 0 Å². The Labute approximate surface area is 124 Å². The van der Waals surface area contributed by atoms with Crippen LogP contribution in [0, 0.1) is 0 Å². The van der Waals surface area contributed by atoms with Crippen LogP contribution < -0.4 is 5.32 Å². The smallest absolute Gasteiger partial charge is 0.244 e. The van der Waals surface area contributed by atoms with Gasteiger partial charge in [-0.3, -0.25) is 9.78 Å². The molecule has 0 spiro atoms. The number of rotatable bonds is 4.